The maximum absolute atomic E-state index is 13.7. The van der Waals surface area contributed by atoms with Crippen LogP contribution in [0.5, 0.6) is 5.75 Å². The van der Waals surface area contributed by atoms with Crippen LogP contribution in [0.25, 0.3) is 0 Å². The van der Waals surface area contributed by atoms with Crippen LogP contribution >= 0.6 is 11.8 Å². The molecule has 0 unspecified atom stereocenters. The molecule has 0 radical (unpaired) electrons. The van der Waals surface area contributed by atoms with Crippen LogP contribution in [-0.4, -0.2) is 23.3 Å². The summed E-state index contributed by atoms with van der Waals surface area (Å²) >= 11 is 1.37. The Kier molecular flexibility index (Phi) is 6.21. The first-order chi connectivity index (χ1) is 15.7. The zero-order valence-electron chi connectivity index (χ0n) is 19.0. The van der Waals surface area contributed by atoms with E-state index in [1.165, 1.54) is 35.6 Å². The minimum absolute atomic E-state index is 0.0680. The molecule has 0 saturated heterocycles. The van der Waals surface area contributed by atoms with Crippen molar-refractivity contribution in [3.63, 3.8) is 0 Å². The van der Waals surface area contributed by atoms with Crippen molar-refractivity contribution in [2.45, 2.75) is 38.3 Å². The van der Waals surface area contributed by atoms with Gasteiger partial charge in [0.2, 0.25) is 5.91 Å². The number of ether oxygens (including phenoxy) is 1. The van der Waals surface area contributed by atoms with Gasteiger partial charge in [0.25, 0.3) is 5.56 Å². The van der Waals surface area contributed by atoms with Crippen molar-refractivity contribution in [3.05, 3.63) is 80.4 Å². The van der Waals surface area contributed by atoms with Crippen molar-refractivity contribution < 1.29 is 13.9 Å². The number of nitrogens with one attached hydrogen (secondary N) is 1. The highest BCUT2D eigenvalue weighted by atomic mass is 32.2. The van der Waals surface area contributed by atoms with Gasteiger partial charge in [0.15, 0.2) is 5.75 Å². The van der Waals surface area contributed by atoms with Gasteiger partial charge in [-0.1, -0.05) is 18.2 Å². The van der Waals surface area contributed by atoms with Crippen molar-refractivity contribution >= 4 is 29.0 Å². The fourth-order valence-electron chi connectivity index (χ4n) is 4.17. The number of pyridine rings is 1. The Morgan fingerprint density at radius 2 is 2.03 bits per heavy atom. The molecule has 1 aromatic heterocycles. The number of thioether (sulfide) groups is 1. The highest BCUT2D eigenvalue weighted by Crippen LogP contribution is 2.42. The molecular weight excluding hydrogens is 441 g/mol. The molecular formula is C25H26FN3O3S. The van der Waals surface area contributed by atoms with E-state index in [9.17, 15) is 14.0 Å². The van der Waals surface area contributed by atoms with Crippen molar-refractivity contribution in [1.82, 2.24) is 4.57 Å². The Hall–Kier alpha value is -3.26. The minimum Gasteiger partial charge on any atom is -0.494 e. The molecule has 0 aliphatic carbocycles. The van der Waals surface area contributed by atoms with Crippen molar-refractivity contribution in [1.29, 1.82) is 0 Å². The number of nitrogens with two attached hydrogens (primary N) is 1. The quantitative estimate of drug-likeness (QED) is 0.582. The largest absolute Gasteiger partial charge is 0.494 e. The number of hydrogen-bond acceptors (Lipinski definition) is 5. The van der Waals surface area contributed by atoms with Crippen LogP contribution in [0.2, 0.25) is 0 Å². The van der Waals surface area contributed by atoms with E-state index in [-0.39, 0.29) is 5.69 Å². The maximum Gasteiger partial charge on any atom is 0.275 e. The van der Waals surface area contributed by atoms with Crippen LogP contribution in [0, 0.1) is 26.6 Å². The van der Waals surface area contributed by atoms with E-state index in [1.807, 2.05) is 32.0 Å². The van der Waals surface area contributed by atoms with Gasteiger partial charge in [-0.05, 0) is 61.2 Å². The first-order valence-electron chi connectivity index (χ1n) is 10.6. The van der Waals surface area contributed by atoms with Crippen LogP contribution < -0.4 is 21.3 Å². The summed E-state index contributed by atoms with van der Waals surface area (Å²) in [4.78, 5) is 26.3. The maximum atomic E-state index is 13.7. The third-order valence-electron chi connectivity index (χ3n) is 6.05. The van der Waals surface area contributed by atoms with Crippen molar-refractivity contribution in [3.8, 4) is 5.75 Å². The summed E-state index contributed by atoms with van der Waals surface area (Å²) in [6, 6.07) is 9.54. The molecule has 1 aliphatic heterocycles. The van der Waals surface area contributed by atoms with E-state index in [0.29, 0.717) is 39.8 Å². The van der Waals surface area contributed by atoms with E-state index in [2.05, 4.69) is 5.32 Å². The van der Waals surface area contributed by atoms with Crippen LogP contribution in [-0.2, 0) is 11.2 Å². The second-order valence-electron chi connectivity index (χ2n) is 8.27. The van der Waals surface area contributed by atoms with Gasteiger partial charge < -0.3 is 15.8 Å². The highest BCUT2D eigenvalue weighted by Gasteiger charge is 2.35. The van der Waals surface area contributed by atoms with Gasteiger partial charge >= 0.3 is 0 Å². The number of aryl methyl sites for hydroxylation is 2. The van der Waals surface area contributed by atoms with Crippen LogP contribution in [0.1, 0.15) is 33.9 Å². The first-order valence-corrected chi connectivity index (χ1v) is 11.6. The Bertz CT molecular complexity index is 1300. The summed E-state index contributed by atoms with van der Waals surface area (Å²) in [5, 5.41) is 3.30. The lowest BCUT2D eigenvalue weighted by molar-refractivity contribution is -0.118. The summed E-state index contributed by atoms with van der Waals surface area (Å²) in [6.07, 6.45) is 0.450. The first kappa shape index (κ1) is 22.9. The number of aromatic nitrogens is 1. The average molecular weight is 468 g/mol. The lowest BCUT2D eigenvalue weighted by Gasteiger charge is -2.20. The topological polar surface area (TPSA) is 86.3 Å². The number of fused-ring (bicyclic) bond motifs is 1. The highest BCUT2D eigenvalue weighted by molar-refractivity contribution is 7.99. The van der Waals surface area contributed by atoms with Gasteiger partial charge in [0.1, 0.15) is 22.6 Å². The molecule has 1 amide bonds. The normalized spacial score (nSPS) is 14.8. The summed E-state index contributed by atoms with van der Waals surface area (Å²) in [7, 11) is 1.54. The van der Waals surface area contributed by atoms with E-state index < -0.39 is 23.3 Å². The molecule has 4 rings (SSSR count). The summed E-state index contributed by atoms with van der Waals surface area (Å²) in [5.41, 5.74) is 11.0. The molecule has 3 N–H and O–H groups in total. The molecule has 8 heteroatoms. The number of carbonyl (C=O) groups excluding carboxylic acids is 1. The summed E-state index contributed by atoms with van der Waals surface area (Å²) in [5.74, 6) is 0.00983. The molecule has 0 spiro atoms. The number of amides is 1. The second kappa shape index (κ2) is 8.94. The SMILES string of the molecule is COc1c(Cc2cccc(C)c2C)c(N)c(=O)n2c1SC[C@H]2C(=O)Nc1cc(C)cc(F)c1. The molecule has 0 saturated carbocycles. The van der Waals surface area contributed by atoms with Crippen LogP contribution in [0.15, 0.2) is 46.2 Å². The number of anilines is 2. The van der Waals surface area contributed by atoms with E-state index >= 15 is 0 Å². The van der Waals surface area contributed by atoms with Crippen LogP contribution in [0.4, 0.5) is 15.8 Å². The number of rotatable bonds is 5. The molecule has 33 heavy (non-hydrogen) atoms. The third-order valence-corrected chi connectivity index (χ3v) is 7.19. The predicted octanol–water partition coefficient (Wildman–Crippen LogP) is 4.38. The zero-order valence-corrected chi connectivity index (χ0v) is 19.8. The number of nitrogen functional groups attached to an aromatic ring is 1. The molecule has 0 fully saturated rings. The average Bonchev–Trinajstić information content (AvgIpc) is 3.19. The molecule has 0 bridgehead atoms. The minimum atomic E-state index is -0.785. The van der Waals surface area contributed by atoms with Crippen molar-refractivity contribution in [2.75, 3.05) is 23.9 Å². The Morgan fingerprint density at radius 3 is 2.73 bits per heavy atom. The lowest BCUT2D eigenvalue weighted by atomic mass is 9.96. The van der Waals surface area contributed by atoms with Crippen molar-refractivity contribution in [2.24, 2.45) is 0 Å². The third kappa shape index (κ3) is 4.23. The number of nitrogens with zero attached hydrogens (tertiary/aromatic N) is 1. The molecule has 1 atom stereocenters. The molecule has 172 valence electrons. The number of carbonyl (C=O) groups is 1. The monoisotopic (exact) mass is 467 g/mol. The second-order valence-corrected chi connectivity index (χ2v) is 9.28. The Balaban J connectivity index is 1.73. The van der Waals surface area contributed by atoms with Gasteiger partial charge in [0, 0.05) is 23.4 Å². The number of methoxy groups -OCH3 is 1. The molecule has 2 heterocycles. The zero-order chi connectivity index (χ0) is 23.9. The van der Waals surface area contributed by atoms with Gasteiger partial charge in [-0.25, -0.2) is 4.39 Å². The molecule has 3 aromatic rings. The van der Waals surface area contributed by atoms with Crippen LogP contribution in [0.3, 0.4) is 0 Å². The fraction of sp³-hybridized carbons (Fsp3) is 0.280. The summed E-state index contributed by atoms with van der Waals surface area (Å²) in [6.45, 7) is 5.82. The molecule has 6 nitrogen and oxygen atoms in total. The molecule has 2 aromatic carbocycles. The van der Waals surface area contributed by atoms with Gasteiger partial charge in [-0.2, -0.15) is 0 Å². The predicted molar refractivity (Wildman–Crippen MR) is 130 cm³/mol. The number of hydrogen-bond donors (Lipinski definition) is 2. The fourth-order valence-corrected chi connectivity index (χ4v) is 5.47. The number of benzene rings is 2. The van der Waals surface area contributed by atoms with Gasteiger partial charge in [0.05, 0.1) is 7.11 Å². The van der Waals surface area contributed by atoms with E-state index in [0.717, 1.165) is 16.7 Å². The summed E-state index contributed by atoms with van der Waals surface area (Å²) < 4.78 is 20.8. The Morgan fingerprint density at radius 1 is 1.27 bits per heavy atom. The van der Waals surface area contributed by atoms with Gasteiger partial charge in [-0.3, -0.25) is 14.2 Å². The smallest absolute Gasteiger partial charge is 0.275 e. The molecule has 1 aliphatic rings. The lowest BCUT2D eigenvalue weighted by Crippen LogP contribution is -2.34. The standard InChI is InChI=1S/C25H26FN3O3S/c1-13-8-17(26)11-18(9-13)28-23(30)20-12-33-25-22(32-4)19(21(27)24(31)29(20)25)10-16-7-5-6-14(2)15(16)3/h5-9,11,20H,10,12,27H2,1-4H3,(H,28,30)/t20-/m0/s1. The number of halogens is 1. The van der Waals surface area contributed by atoms with E-state index in [1.54, 1.807) is 13.0 Å². The van der Waals surface area contributed by atoms with E-state index in [4.69, 9.17) is 10.5 Å². The Labute approximate surface area is 196 Å². The van der Waals surface area contributed by atoms with Gasteiger partial charge in [-0.15, -0.1) is 11.8 Å².